The SMILES string of the molecule is CC(C)NS(=O)(=O)NCC1(O)CCC1. The second-order valence-corrected chi connectivity index (χ2v) is 5.71. The summed E-state index contributed by atoms with van der Waals surface area (Å²) in [6.45, 7) is 3.60. The molecule has 0 amide bonds. The monoisotopic (exact) mass is 222 g/mol. The summed E-state index contributed by atoms with van der Waals surface area (Å²) in [4.78, 5) is 0. The van der Waals surface area contributed by atoms with Crippen molar-refractivity contribution in [2.45, 2.75) is 44.8 Å². The van der Waals surface area contributed by atoms with E-state index in [2.05, 4.69) is 9.44 Å². The van der Waals surface area contributed by atoms with Crippen LogP contribution in [0.4, 0.5) is 0 Å². The van der Waals surface area contributed by atoms with Crippen molar-refractivity contribution in [3.05, 3.63) is 0 Å². The van der Waals surface area contributed by atoms with Crippen molar-refractivity contribution in [3.8, 4) is 0 Å². The minimum Gasteiger partial charge on any atom is -0.389 e. The van der Waals surface area contributed by atoms with Gasteiger partial charge < -0.3 is 5.11 Å². The van der Waals surface area contributed by atoms with Gasteiger partial charge in [0.1, 0.15) is 0 Å². The molecule has 14 heavy (non-hydrogen) atoms. The van der Waals surface area contributed by atoms with E-state index in [4.69, 9.17) is 0 Å². The Morgan fingerprint density at radius 2 is 2.00 bits per heavy atom. The van der Waals surface area contributed by atoms with Gasteiger partial charge in [0.25, 0.3) is 10.2 Å². The molecule has 0 radical (unpaired) electrons. The molecule has 0 aromatic rings. The van der Waals surface area contributed by atoms with Gasteiger partial charge in [-0.05, 0) is 33.1 Å². The summed E-state index contributed by atoms with van der Waals surface area (Å²) in [7, 11) is -3.45. The summed E-state index contributed by atoms with van der Waals surface area (Å²) in [5.74, 6) is 0. The zero-order valence-electron chi connectivity index (χ0n) is 8.58. The van der Waals surface area contributed by atoms with Crippen molar-refractivity contribution >= 4 is 10.2 Å². The molecule has 1 aliphatic carbocycles. The zero-order chi connectivity index (χ0) is 10.8. The smallest absolute Gasteiger partial charge is 0.277 e. The lowest BCUT2D eigenvalue weighted by Crippen LogP contribution is -2.51. The van der Waals surface area contributed by atoms with Gasteiger partial charge in [0.05, 0.1) is 5.60 Å². The highest BCUT2D eigenvalue weighted by Gasteiger charge is 2.35. The van der Waals surface area contributed by atoms with Crippen LogP contribution < -0.4 is 9.44 Å². The molecule has 6 heteroatoms. The third-order valence-corrected chi connectivity index (χ3v) is 3.57. The lowest BCUT2D eigenvalue weighted by atomic mass is 9.81. The van der Waals surface area contributed by atoms with E-state index in [0.29, 0.717) is 12.8 Å². The minimum absolute atomic E-state index is 0.106. The number of aliphatic hydroxyl groups is 1. The second kappa shape index (κ2) is 4.14. The van der Waals surface area contributed by atoms with Crippen LogP contribution in [0.25, 0.3) is 0 Å². The van der Waals surface area contributed by atoms with E-state index in [1.54, 1.807) is 13.8 Å². The number of hydrogen-bond acceptors (Lipinski definition) is 3. The summed E-state index contributed by atoms with van der Waals surface area (Å²) in [5, 5.41) is 9.65. The van der Waals surface area contributed by atoms with E-state index < -0.39 is 15.8 Å². The van der Waals surface area contributed by atoms with Crippen LogP contribution in [0, 0.1) is 0 Å². The summed E-state index contributed by atoms with van der Waals surface area (Å²) in [6, 6.07) is -0.136. The Morgan fingerprint density at radius 1 is 1.43 bits per heavy atom. The highest BCUT2D eigenvalue weighted by molar-refractivity contribution is 7.87. The van der Waals surface area contributed by atoms with E-state index in [9.17, 15) is 13.5 Å². The van der Waals surface area contributed by atoms with Gasteiger partial charge in [-0.3, -0.25) is 0 Å². The van der Waals surface area contributed by atoms with Crippen molar-refractivity contribution in [2.24, 2.45) is 0 Å². The maximum atomic E-state index is 11.3. The first-order valence-corrected chi connectivity index (χ1v) is 6.31. The molecule has 0 aromatic heterocycles. The van der Waals surface area contributed by atoms with E-state index in [0.717, 1.165) is 6.42 Å². The van der Waals surface area contributed by atoms with Crippen LogP contribution in [0.5, 0.6) is 0 Å². The Morgan fingerprint density at radius 3 is 2.36 bits per heavy atom. The molecule has 1 aliphatic rings. The quantitative estimate of drug-likeness (QED) is 0.599. The van der Waals surface area contributed by atoms with Crippen LogP contribution >= 0.6 is 0 Å². The Labute approximate surface area is 85.1 Å². The van der Waals surface area contributed by atoms with E-state index in [1.165, 1.54) is 0 Å². The fraction of sp³-hybridized carbons (Fsp3) is 1.00. The van der Waals surface area contributed by atoms with Crippen LogP contribution in [-0.2, 0) is 10.2 Å². The van der Waals surface area contributed by atoms with Gasteiger partial charge in [-0.2, -0.15) is 17.9 Å². The first-order valence-electron chi connectivity index (χ1n) is 4.82. The fourth-order valence-electron chi connectivity index (χ4n) is 1.34. The molecule has 1 saturated carbocycles. The zero-order valence-corrected chi connectivity index (χ0v) is 9.39. The molecule has 0 heterocycles. The van der Waals surface area contributed by atoms with Crippen LogP contribution in [0.3, 0.4) is 0 Å². The van der Waals surface area contributed by atoms with Gasteiger partial charge in [0.2, 0.25) is 0 Å². The molecule has 1 fully saturated rings. The topological polar surface area (TPSA) is 78.4 Å². The van der Waals surface area contributed by atoms with Crippen LogP contribution in [0.2, 0.25) is 0 Å². The third-order valence-electron chi connectivity index (χ3n) is 2.27. The van der Waals surface area contributed by atoms with Gasteiger partial charge >= 0.3 is 0 Å². The van der Waals surface area contributed by atoms with Crippen LogP contribution in [0.1, 0.15) is 33.1 Å². The van der Waals surface area contributed by atoms with E-state index in [1.807, 2.05) is 0 Å². The minimum atomic E-state index is -3.45. The molecule has 0 aliphatic heterocycles. The molecule has 84 valence electrons. The van der Waals surface area contributed by atoms with Gasteiger partial charge in [0.15, 0.2) is 0 Å². The first-order chi connectivity index (χ1) is 6.33. The standard InChI is InChI=1S/C8H18N2O3S/c1-7(2)10-14(12,13)9-6-8(11)4-3-5-8/h7,9-11H,3-6H2,1-2H3. The fourth-order valence-corrected chi connectivity index (χ4v) is 2.51. The van der Waals surface area contributed by atoms with Crippen molar-refractivity contribution in [1.82, 2.24) is 9.44 Å². The summed E-state index contributed by atoms with van der Waals surface area (Å²) in [6.07, 6.45) is 2.32. The molecule has 5 nitrogen and oxygen atoms in total. The molecular formula is C8H18N2O3S. The van der Waals surface area contributed by atoms with E-state index in [-0.39, 0.29) is 12.6 Å². The maximum absolute atomic E-state index is 11.3. The third kappa shape index (κ3) is 3.53. The maximum Gasteiger partial charge on any atom is 0.277 e. The van der Waals surface area contributed by atoms with Crippen molar-refractivity contribution in [3.63, 3.8) is 0 Å². The molecular weight excluding hydrogens is 204 g/mol. The highest BCUT2D eigenvalue weighted by Crippen LogP contribution is 2.30. The summed E-state index contributed by atoms with van der Waals surface area (Å²) < 4.78 is 27.3. The van der Waals surface area contributed by atoms with Crippen molar-refractivity contribution in [2.75, 3.05) is 6.54 Å². The lowest BCUT2D eigenvalue weighted by molar-refractivity contribution is -0.0271. The summed E-state index contributed by atoms with van der Waals surface area (Å²) in [5.41, 5.74) is -0.814. The Balaban J connectivity index is 2.36. The summed E-state index contributed by atoms with van der Waals surface area (Å²) >= 11 is 0. The Bertz CT molecular complexity index is 283. The van der Waals surface area contributed by atoms with Gasteiger partial charge in [-0.15, -0.1) is 0 Å². The Hall–Kier alpha value is -0.170. The molecule has 1 rings (SSSR count). The highest BCUT2D eigenvalue weighted by atomic mass is 32.2. The normalized spacial score (nSPS) is 20.9. The Kier molecular flexibility index (Phi) is 3.52. The average molecular weight is 222 g/mol. The van der Waals surface area contributed by atoms with Gasteiger partial charge in [-0.25, -0.2) is 0 Å². The molecule has 0 saturated heterocycles. The molecule has 0 spiro atoms. The van der Waals surface area contributed by atoms with Crippen LogP contribution in [-0.4, -0.2) is 31.7 Å². The lowest BCUT2D eigenvalue weighted by Gasteiger charge is -2.36. The predicted octanol–water partition coefficient (Wildman–Crippen LogP) is -0.266. The number of rotatable bonds is 5. The second-order valence-electron chi connectivity index (χ2n) is 4.17. The first kappa shape index (κ1) is 11.9. The molecule has 3 N–H and O–H groups in total. The number of hydrogen-bond donors (Lipinski definition) is 3. The average Bonchev–Trinajstić information content (AvgIpc) is 1.95. The molecule has 0 bridgehead atoms. The van der Waals surface area contributed by atoms with Gasteiger partial charge in [-0.1, -0.05) is 0 Å². The van der Waals surface area contributed by atoms with E-state index >= 15 is 0 Å². The van der Waals surface area contributed by atoms with Crippen LogP contribution in [0.15, 0.2) is 0 Å². The van der Waals surface area contributed by atoms with Gasteiger partial charge in [0, 0.05) is 12.6 Å². The molecule has 0 atom stereocenters. The molecule has 0 aromatic carbocycles. The predicted molar refractivity (Wildman–Crippen MR) is 54.0 cm³/mol. The molecule has 0 unspecified atom stereocenters. The van der Waals surface area contributed by atoms with Crippen molar-refractivity contribution < 1.29 is 13.5 Å². The largest absolute Gasteiger partial charge is 0.389 e. The van der Waals surface area contributed by atoms with Crippen molar-refractivity contribution in [1.29, 1.82) is 0 Å². The number of nitrogens with one attached hydrogen (secondary N) is 2.